The van der Waals surface area contributed by atoms with E-state index < -0.39 is 22.4 Å². The highest BCUT2D eigenvalue weighted by molar-refractivity contribution is 6.30. The van der Waals surface area contributed by atoms with Gasteiger partial charge in [-0.05, 0) is 62.1 Å². The van der Waals surface area contributed by atoms with Gasteiger partial charge in [-0.2, -0.15) is 13.2 Å². The van der Waals surface area contributed by atoms with Gasteiger partial charge < -0.3 is 15.0 Å². The molecular formula is C25H30ClF3N4O3. The highest BCUT2D eigenvalue weighted by Crippen LogP contribution is 2.38. The van der Waals surface area contributed by atoms with Gasteiger partial charge in [0.2, 0.25) is 0 Å². The van der Waals surface area contributed by atoms with Crippen molar-refractivity contribution in [3.63, 3.8) is 0 Å². The van der Waals surface area contributed by atoms with Crippen LogP contribution in [-0.4, -0.2) is 61.3 Å². The number of nitrogens with zero attached hydrogens (tertiary/aromatic N) is 3. The van der Waals surface area contributed by atoms with Crippen molar-refractivity contribution in [3.05, 3.63) is 63.2 Å². The molecule has 2 aromatic carbocycles. The van der Waals surface area contributed by atoms with Crippen molar-refractivity contribution in [2.24, 2.45) is 0 Å². The average molecular weight is 527 g/mol. The first kappa shape index (κ1) is 26.5. The number of ether oxygens (including phenoxy) is 1. The van der Waals surface area contributed by atoms with E-state index in [0.717, 1.165) is 75.6 Å². The zero-order valence-corrected chi connectivity index (χ0v) is 20.6. The number of nitrogens with one attached hydrogen (secondary N) is 1. The van der Waals surface area contributed by atoms with Gasteiger partial charge in [-0.1, -0.05) is 11.6 Å². The summed E-state index contributed by atoms with van der Waals surface area (Å²) in [5.41, 5.74) is -0.737. The van der Waals surface area contributed by atoms with Crippen LogP contribution in [0.4, 0.5) is 30.2 Å². The van der Waals surface area contributed by atoms with Gasteiger partial charge in [0.1, 0.15) is 5.56 Å². The molecule has 2 fully saturated rings. The summed E-state index contributed by atoms with van der Waals surface area (Å²) >= 11 is 5.97. The number of anilines is 2. The molecule has 36 heavy (non-hydrogen) atoms. The Kier molecular flexibility index (Phi) is 8.58. The van der Waals surface area contributed by atoms with E-state index in [1.54, 1.807) is 0 Å². The third-order valence-electron chi connectivity index (χ3n) is 6.87. The maximum atomic E-state index is 13.2. The van der Waals surface area contributed by atoms with Crippen molar-refractivity contribution in [2.75, 3.05) is 49.5 Å². The van der Waals surface area contributed by atoms with Crippen LogP contribution in [-0.2, 0) is 10.9 Å². The second-order valence-electron chi connectivity index (χ2n) is 9.28. The van der Waals surface area contributed by atoms with Crippen LogP contribution in [0, 0.1) is 10.1 Å². The molecule has 11 heteroatoms. The number of rotatable bonds is 8. The zero-order valence-electron chi connectivity index (χ0n) is 19.8. The standard InChI is InChI=1S/C25H30ClF3N4O3/c26-18-1-6-21(7-2-18)32-13-11-31(12-14-32)15-16-36-22-8-3-19(4-9-22)30-20-5-10-24(33(34)35)23(17-20)25(27,28)29/h1-2,5-7,10,17,19,22,30H,3-4,8-9,11-16H2. The summed E-state index contributed by atoms with van der Waals surface area (Å²) in [5.74, 6) is 0. The van der Waals surface area contributed by atoms with E-state index in [0.29, 0.717) is 6.61 Å². The third kappa shape index (κ3) is 7.02. The first-order valence-corrected chi connectivity index (χ1v) is 12.5. The molecule has 2 aliphatic rings. The number of benzene rings is 2. The molecule has 0 bridgehead atoms. The predicted octanol–water partition coefficient (Wildman–Crippen LogP) is 5.83. The number of piperazine rings is 1. The summed E-state index contributed by atoms with van der Waals surface area (Å²) in [4.78, 5) is 14.7. The summed E-state index contributed by atoms with van der Waals surface area (Å²) in [7, 11) is 0. The Labute approximate surface area is 213 Å². The maximum Gasteiger partial charge on any atom is 0.423 e. The minimum absolute atomic E-state index is 0.00772. The molecule has 0 radical (unpaired) electrons. The van der Waals surface area contributed by atoms with E-state index in [1.165, 1.54) is 11.8 Å². The smallest absolute Gasteiger partial charge is 0.382 e. The topological polar surface area (TPSA) is 70.9 Å². The van der Waals surface area contributed by atoms with Crippen molar-refractivity contribution in [3.8, 4) is 0 Å². The quantitative estimate of drug-likeness (QED) is 0.345. The van der Waals surface area contributed by atoms with Crippen molar-refractivity contribution in [1.82, 2.24) is 4.90 Å². The molecule has 0 unspecified atom stereocenters. The molecule has 0 aromatic heterocycles. The highest BCUT2D eigenvalue weighted by Gasteiger charge is 2.38. The molecular weight excluding hydrogens is 497 g/mol. The molecule has 1 aliphatic carbocycles. The molecule has 0 atom stereocenters. The van der Waals surface area contributed by atoms with Crippen molar-refractivity contribution in [2.45, 2.75) is 44.0 Å². The Morgan fingerprint density at radius 2 is 1.69 bits per heavy atom. The second kappa shape index (κ2) is 11.7. The summed E-state index contributed by atoms with van der Waals surface area (Å²) in [6.07, 6.45) is -1.47. The monoisotopic (exact) mass is 526 g/mol. The molecule has 0 amide bonds. The van der Waals surface area contributed by atoms with Gasteiger partial charge in [0, 0.05) is 61.2 Å². The second-order valence-corrected chi connectivity index (χ2v) is 9.72. The number of alkyl halides is 3. The van der Waals surface area contributed by atoms with Gasteiger partial charge in [-0.25, -0.2) is 0 Å². The van der Waals surface area contributed by atoms with E-state index in [1.807, 2.05) is 24.3 Å². The number of hydrogen-bond acceptors (Lipinski definition) is 6. The Morgan fingerprint density at radius 1 is 1.03 bits per heavy atom. The van der Waals surface area contributed by atoms with Crippen molar-refractivity contribution in [1.29, 1.82) is 0 Å². The van der Waals surface area contributed by atoms with E-state index in [-0.39, 0.29) is 17.8 Å². The highest BCUT2D eigenvalue weighted by atomic mass is 35.5. The molecule has 1 N–H and O–H groups in total. The normalized spacial score (nSPS) is 21.4. The summed E-state index contributed by atoms with van der Waals surface area (Å²) in [6.45, 7) is 5.38. The van der Waals surface area contributed by atoms with Crippen LogP contribution in [0.5, 0.6) is 0 Å². The Hall–Kier alpha value is -2.56. The predicted molar refractivity (Wildman–Crippen MR) is 134 cm³/mol. The fraction of sp³-hybridized carbons (Fsp3) is 0.520. The summed E-state index contributed by atoms with van der Waals surface area (Å²) in [6, 6.07) is 11.0. The fourth-order valence-electron chi connectivity index (χ4n) is 4.85. The van der Waals surface area contributed by atoms with Crippen molar-refractivity contribution >= 4 is 28.7 Å². The fourth-order valence-corrected chi connectivity index (χ4v) is 4.98. The van der Waals surface area contributed by atoms with Gasteiger partial charge >= 0.3 is 6.18 Å². The molecule has 4 rings (SSSR count). The molecule has 7 nitrogen and oxygen atoms in total. The van der Waals surface area contributed by atoms with E-state index in [2.05, 4.69) is 15.1 Å². The Balaban J connectivity index is 1.16. The molecule has 0 spiro atoms. The lowest BCUT2D eigenvalue weighted by Crippen LogP contribution is -2.47. The Bertz CT molecular complexity index is 1020. The third-order valence-corrected chi connectivity index (χ3v) is 7.12. The number of nitro groups is 1. The number of halogens is 4. The number of hydrogen-bond donors (Lipinski definition) is 1. The molecule has 2 aromatic rings. The first-order chi connectivity index (χ1) is 17.2. The lowest BCUT2D eigenvalue weighted by Gasteiger charge is -2.36. The van der Waals surface area contributed by atoms with Crippen LogP contribution in [0.1, 0.15) is 31.2 Å². The molecule has 1 saturated heterocycles. The van der Waals surface area contributed by atoms with Gasteiger partial charge in [0.05, 0.1) is 17.6 Å². The van der Waals surface area contributed by atoms with Gasteiger partial charge in [0.15, 0.2) is 0 Å². The average Bonchev–Trinajstić information content (AvgIpc) is 2.85. The van der Waals surface area contributed by atoms with Crippen LogP contribution in [0.15, 0.2) is 42.5 Å². The van der Waals surface area contributed by atoms with Crippen LogP contribution in [0.2, 0.25) is 5.02 Å². The van der Waals surface area contributed by atoms with Gasteiger partial charge in [-0.3, -0.25) is 15.0 Å². The van der Waals surface area contributed by atoms with Crippen LogP contribution < -0.4 is 10.2 Å². The van der Waals surface area contributed by atoms with Crippen molar-refractivity contribution < 1.29 is 22.8 Å². The molecule has 196 valence electrons. The van der Waals surface area contributed by atoms with E-state index in [4.69, 9.17) is 16.3 Å². The van der Waals surface area contributed by atoms with Crippen LogP contribution >= 0.6 is 11.6 Å². The molecule has 1 aliphatic heterocycles. The lowest BCUT2D eigenvalue weighted by atomic mass is 9.92. The minimum atomic E-state index is -4.78. The largest absolute Gasteiger partial charge is 0.423 e. The summed E-state index contributed by atoms with van der Waals surface area (Å²) in [5, 5.41) is 14.8. The SMILES string of the molecule is O=[N+]([O-])c1ccc(NC2CCC(OCCN3CCN(c4ccc(Cl)cc4)CC3)CC2)cc1C(F)(F)F. The van der Waals surface area contributed by atoms with E-state index in [9.17, 15) is 23.3 Å². The first-order valence-electron chi connectivity index (χ1n) is 12.2. The Morgan fingerprint density at radius 3 is 2.31 bits per heavy atom. The van der Waals surface area contributed by atoms with Gasteiger partial charge in [-0.15, -0.1) is 0 Å². The molecule has 1 heterocycles. The van der Waals surface area contributed by atoms with Crippen LogP contribution in [0.25, 0.3) is 0 Å². The van der Waals surface area contributed by atoms with E-state index >= 15 is 0 Å². The maximum absolute atomic E-state index is 13.2. The lowest BCUT2D eigenvalue weighted by molar-refractivity contribution is -0.388. The minimum Gasteiger partial charge on any atom is -0.382 e. The van der Waals surface area contributed by atoms with Gasteiger partial charge in [0.25, 0.3) is 5.69 Å². The summed E-state index contributed by atoms with van der Waals surface area (Å²) < 4.78 is 45.8. The van der Waals surface area contributed by atoms with Crippen LogP contribution in [0.3, 0.4) is 0 Å². The molecule has 1 saturated carbocycles. The number of nitro benzene ring substituents is 1. The zero-order chi connectivity index (χ0) is 25.7.